The molecule has 0 amide bonds. The van der Waals surface area contributed by atoms with Crippen molar-refractivity contribution < 1.29 is 14.6 Å². The van der Waals surface area contributed by atoms with Gasteiger partial charge in [0.25, 0.3) is 0 Å². The molecule has 19 heavy (non-hydrogen) atoms. The van der Waals surface area contributed by atoms with E-state index >= 15 is 0 Å². The highest BCUT2D eigenvalue weighted by atomic mass is 32.1. The summed E-state index contributed by atoms with van der Waals surface area (Å²) in [5, 5.41) is 10.6. The second-order valence-corrected chi connectivity index (χ2v) is 6.89. The van der Waals surface area contributed by atoms with Crippen molar-refractivity contribution in [2.45, 2.75) is 44.3 Å². The lowest BCUT2D eigenvalue weighted by molar-refractivity contribution is -0.116. The summed E-state index contributed by atoms with van der Waals surface area (Å²) < 4.78 is 11.4. The highest BCUT2D eigenvalue weighted by Gasteiger charge is 2.43. The Morgan fingerprint density at radius 1 is 1.47 bits per heavy atom. The van der Waals surface area contributed by atoms with Crippen molar-refractivity contribution in [1.29, 1.82) is 0 Å². The third-order valence-corrected chi connectivity index (χ3v) is 5.67. The van der Waals surface area contributed by atoms with Gasteiger partial charge >= 0.3 is 0 Å². The molecule has 1 aromatic heterocycles. The van der Waals surface area contributed by atoms with Gasteiger partial charge in [0, 0.05) is 29.4 Å². The first-order chi connectivity index (χ1) is 9.22. The van der Waals surface area contributed by atoms with Gasteiger partial charge in [-0.2, -0.15) is 0 Å². The van der Waals surface area contributed by atoms with Crippen molar-refractivity contribution in [2.75, 3.05) is 19.8 Å². The summed E-state index contributed by atoms with van der Waals surface area (Å²) in [6, 6.07) is 4.22. The van der Waals surface area contributed by atoms with Crippen molar-refractivity contribution in [3.63, 3.8) is 0 Å². The summed E-state index contributed by atoms with van der Waals surface area (Å²) in [5.74, 6) is 0.304. The SMILES string of the molecule is CCc1ccc(C(O)C2CCOC3(CCOC3)C2)s1. The van der Waals surface area contributed by atoms with Gasteiger partial charge in [-0.1, -0.05) is 6.92 Å². The van der Waals surface area contributed by atoms with Gasteiger partial charge in [0.15, 0.2) is 0 Å². The van der Waals surface area contributed by atoms with Crippen LogP contribution in [0.25, 0.3) is 0 Å². The highest BCUT2D eigenvalue weighted by Crippen LogP contribution is 2.42. The van der Waals surface area contributed by atoms with Crippen LogP contribution < -0.4 is 0 Å². The van der Waals surface area contributed by atoms with Gasteiger partial charge < -0.3 is 14.6 Å². The minimum atomic E-state index is -0.341. The Labute approximate surface area is 118 Å². The fourth-order valence-electron chi connectivity index (χ4n) is 3.17. The van der Waals surface area contributed by atoms with Crippen LogP contribution in [0, 0.1) is 5.92 Å². The summed E-state index contributed by atoms with van der Waals surface area (Å²) >= 11 is 1.74. The van der Waals surface area contributed by atoms with Crippen LogP contribution in [0.4, 0.5) is 0 Å². The number of aliphatic hydroxyl groups excluding tert-OH is 1. The average Bonchev–Trinajstić information content (AvgIpc) is 3.07. The van der Waals surface area contributed by atoms with Crippen LogP contribution in [0.3, 0.4) is 0 Å². The average molecular weight is 282 g/mol. The molecule has 2 aliphatic rings. The van der Waals surface area contributed by atoms with Crippen molar-refractivity contribution >= 4 is 11.3 Å². The topological polar surface area (TPSA) is 38.7 Å². The Morgan fingerprint density at radius 3 is 3.05 bits per heavy atom. The minimum absolute atomic E-state index is 0.116. The van der Waals surface area contributed by atoms with E-state index in [0.29, 0.717) is 12.5 Å². The molecule has 3 nitrogen and oxygen atoms in total. The van der Waals surface area contributed by atoms with Gasteiger partial charge in [-0.15, -0.1) is 11.3 Å². The zero-order chi connectivity index (χ0) is 13.3. The Balaban J connectivity index is 1.70. The Bertz CT molecular complexity index is 423. The third-order valence-electron chi connectivity index (χ3n) is 4.37. The normalized spacial score (nSPS) is 32.8. The van der Waals surface area contributed by atoms with Crippen LogP contribution in [0.15, 0.2) is 12.1 Å². The quantitative estimate of drug-likeness (QED) is 0.926. The van der Waals surface area contributed by atoms with Gasteiger partial charge in [-0.05, 0) is 37.3 Å². The maximum atomic E-state index is 10.6. The molecular formula is C15H22O3S. The summed E-state index contributed by atoms with van der Waals surface area (Å²) in [6.07, 6.45) is 3.55. The molecular weight excluding hydrogens is 260 g/mol. The van der Waals surface area contributed by atoms with Crippen LogP contribution in [0.2, 0.25) is 0 Å². The molecule has 0 aromatic carbocycles. The first-order valence-electron chi connectivity index (χ1n) is 7.21. The highest BCUT2D eigenvalue weighted by molar-refractivity contribution is 7.12. The van der Waals surface area contributed by atoms with E-state index < -0.39 is 0 Å². The molecule has 0 saturated carbocycles. The summed E-state index contributed by atoms with van der Waals surface area (Å²) in [7, 11) is 0. The molecule has 106 valence electrons. The number of hydrogen-bond donors (Lipinski definition) is 1. The molecule has 2 saturated heterocycles. The molecule has 3 unspecified atom stereocenters. The molecule has 2 fully saturated rings. The van der Waals surface area contributed by atoms with Gasteiger partial charge in [0.05, 0.1) is 18.3 Å². The Hall–Kier alpha value is -0.420. The molecule has 3 atom stereocenters. The van der Waals surface area contributed by atoms with E-state index in [1.54, 1.807) is 11.3 Å². The number of ether oxygens (including phenoxy) is 2. The van der Waals surface area contributed by atoms with E-state index in [2.05, 4.69) is 19.1 Å². The van der Waals surface area contributed by atoms with Gasteiger partial charge in [0.1, 0.15) is 0 Å². The van der Waals surface area contributed by atoms with E-state index in [1.807, 2.05) is 0 Å². The standard InChI is InChI=1S/C15H22O3S/c1-2-12-3-4-13(19-12)14(16)11-5-7-18-15(9-11)6-8-17-10-15/h3-4,11,14,16H,2,5-10H2,1H3. The molecule has 0 aliphatic carbocycles. The van der Waals surface area contributed by atoms with Crippen molar-refractivity contribution in [3.8, 4) is 0 Å². The molecule has 0 bridgehead atoms. The molecule has 0 radical (unpaired) electrons. The Kier molecular flexibility index (Phi) is 3.94. The molecule has 4 heteroatoms. The van der Waals surface area contributed by atoms with Gasteiger partial charge in [0.2, 0.25) is 0 Å². The lowest BCUT2D eigenvalue weighted by Gasteiger charge is -2.38. The molecule has 2 aliphatic heterocycles. The lowest BCUT2D eigenvalue weighted by atomic mass is 9.82. The summed E-state index contributed by atoms with van der Waals surface area (Å²) in [6.45, 7) is 4.39. The zero-order valence-corrected chi connectivity index (χ0v) is 12.2. The smallest absolute Gasteiger partial charge is 0.0940 e. The van der Waals surface area contributed by atoms with Crippen LogP contribution in [0.5, 0.6) is 0 Å². The molecule has 1 aromatic rings. The summed E-state index contributed by atoms with van der Waals surface area (Å²) in [4.78, 5) is 2.46. The minimum Gasteiger partial charge on any atom is -0.387 e. The maximum absolute atomic E-state index is 10.6. The maximum Gasteiger partial charge on any atom is 0.0940 e. The van der Waals surface area contributed by atoms with Crippen molar-refractivity contribution in [2.24, 2.45) is 5.92 Å². The Morgan fingerprint density at radius 2 is 2.37 bits per heavy atom. The van der Waals surface area contributed by atoms with Gasteiger partial charge in [-0.3, -0.25) is 0 Å². The predicted molar refractivity (Wildman–Crippen MR) is 75.5 cm³/mol. The third kappa shape index (κ3) is 2.72. The van der Waals surface area contributed by atoms with Crippen molar-refractivity contribution in [1.82, 2.24) is 0 Å². The molecule has 3 heterocycles. The fraction of sp³-hybridized carbons (Fsp3) is 0.733. The predicted octanol–water partition coefficient (Wildman–Crippen LogP) is 2.93. The largest absolute Gasteiger partial charge is 0.387 e. The molecule has 1 N–H and O–H groups in total. The van der Waals surface area contributed by atoms with E-state index in [9.17, 15) is 5.11 Å². The summed E-state index contributed by atoms with van der Waals surface area (Å²) in [5.41, 5.74) is -0.116. The van der Waals surface area contributed by atoms with E-state index in [-0.39, 0.29) is 11.7 Å². The fourth-order valence-corrected chi connectivity index (χ4v) is 4.21. The van der Waals surface area contributed by atoms with Crippen molar-refractivity contribution in [3.05, 3.63) is 21.9 Å². The number of aliphatic hydroxyl groups is 1. The number of hydrogen-bond acceptors (Lipinski definition) is 4. The molecule has 3 rings (SSSR count). The number of aryl methyl sites for hydroxylation is 1. The van der Waals surface area contributed by atoms with Crippen LogP contribution in [-0.2, 0) is 15.9 Å². The van der Waals surface area contributed by atoms with E-state index in [1.165, 1.54) is 4.88 Å². The first kappa shape index (κ1) is 13.6. The molecule has 1 spiro atoms. The lowest BCUT2D eigenvalue weighted by Crippen LogP contribution is -2.41. The van der Waals surface area contributed by atoms with Crippen LogP contribution in [0.1, 0.15) is 42.0 Å². The van der Waals surface area contributed by atoms with E-state index in [0.717, 1.165) is 43.8 Å². The first-order valence-corrected chi connectivity index (χ1v) is 8.02. The van der Waals surface area contributed by atoms with Crippen LogP contribution in [-0.4, -0.2) is 30.5 Å². The number of rotatable bonds is 3. The van der Waals surface area contributed by atoms with Crippen LogP contribution >= 0.6 is 11.3 Å². The number of thiophene rings is 1. The monoisotopic (exact) mass is 282 g/mol. The van der Waals surface area contributed by atoms with E-state index in [4.69, 9.17) is 9.47 Å². The second-order valence-electron chi connectivity index (χ2n) is 5.69. The zero-order valence-electron chi connectivity index (χ0n) is 11.4. The van der Waals surface area contributed by atoms with Gasteiger partial charge in [-0.25, -0.2) is 0 Å². The second kappa shape index (κ2) is 5.52.